The highest BCUT2D eigenvalue weighted by Crippen LogP contribution is 2.29. The molecule has 210 valence electrons. The average molecular weight is 552 g/mol. The molecule has 0 saturated heterocycles. The van der Waals surface area contributed by atoms with Crippen molar-refractivity contribution in [3.05, 3.63) is 89.0 Å². The third kappa shape index (κ3) is 8.64. The van der Waals surface area contributed by atoms with Gasteiger partial charge in [0.15, 0.2) is 0 Å². The molecule has 39 heavy (non-hydrogen) atoms. The zero-order valence-electron chi connectivity index (χ0n) is 22.6. The first-order valence-electron chi connectivity index (χ1n) is 14.1. The Hall–Kier alpha value is -2.71. The maximum atomic E-state index is 13.0. The first-order chi connectivity index (χ1) is 19.0. The molecule has 0 spiro atoms. The Balaban J connectivity index is 1.12. The SMILES string of the molecule is O=S(c1ccccc1CCCCOc1ccc(CCNCC(O)c2ccc(O)c(CO)c2)cc1)C1CCCC1. The summed E-state index contributed by atoms with van der Waals surface area (Å²) in [6.07, 6.45) is 7.55. The molecule has 0 aliphatic heterocycles. The number of hydrogen-bond acceptors (Lipinski definition) is 6. The Morgan fingerprint density at radius 1 is 0.949 bits per heavy atom. The minimum atomic E-state index is -0.891. The monoisotopic (exact) mass is 551 g/mol. The molecule has 0 aromatic heterocycles. The van der Waals surface area contributed by atoms with Crippen molar-refractivity contribution in [2.75, 3.05) is 19.7 Å². The van der Waals surface area contributed by atoms with E-state index < -0.39 is 16.9 Å². The van der Waals surface area contributed by atoms with Crippen molar-refractivity contribution >= 4 is 10.8 Å². The van der Waals surface area contributed by atoms with Crippen LogP contribution in [0.1, 0.15) is 66.9 Å². The van der Waals surface area contributed by atoms with E-state index in [1.54, 1.807) is 12.1 Å². The summed E-state index contributed by atoms with van der Waals surface area (Å²) in [7, 11) is -0.891. The molecule has 2 unspecified atom stereocenters. The molecule has 0 heterocycles. The van der Waals surface area contributed by atoms with Crippen molar-refractivity contribution < 1.29 is 24.3 Å². The van der Waals surface area contributed by atoms with E-state index in [-0.39, 0.29) is 12.4 Å². The van der Waals surface area contributed by atoms with Gasteiger partial charge in [-0.2, -0.15) is 0 Å². The van der Waals surface area contributed by atoms with Gasteiger partial charge in [-0.25, -0.2) is 0 Å². The van der Waals surface area contributed by atoms with Crippen molar-refractivity contribution in [2.45, 2.75) is 74.2 Å². The number of aryl methyl sites for hydroxylation is 1. The van der Waals surface area contributed by atoms with Crippen LogP contribution in [-0.2, 0) is 30.2 Å². The van der Waals surface area contributed by atoms with Gasteiger partial charge < -0.3 is 25.4 Å². The van der Waals surface area contributed by atoms with Crippen LogP contribution >= 0.6 is 0 Å². The van der Waals surface area contributed by atoms with Gasteiger partial charge in [-0.05, 0) is 92.1 Å². The predicted molar refractivity (Wildman–Crippen MR) is 156 cm³/mol. The van der Waals surface area contributed by atoms with E-state index >= 15 is 0 Å². The molecule has 0 bridgehead atoms. The van der Waals surface area contributed by atoms with E-state index in [1.807, 2.05) is 30.3 Å². The van der Waals surface area contributed by atoms with Gasteiger partial charge in [0.2, 0.25) is 0 Å². The van der Waals surface area contributed by atoms with E-state index in [1.165, 1.54) is 30.0 Å². The maximum Gasteiger partial charge on any atom is 0.121 e. The molecule has 2 atom stereocenters. The quantitative estimate of drug-likeness (QED) is 0.194. The number of benzene rings is 3. The highest BCUT2D eigenvalue weighted by molar-refractivity contribution is 7.85. The van der Waals surface area contributed by atoms with Gasteiger partial charge in [0, 0.05) is 22.3 Å². The summed E-state index contributed by atoms with van der Waals surface area (Å²) in [4.78, 5) is 1.03. The smallest absolute Gasteiger partial charge is 0.121 e. The third-order valence-electron chi connectivity index (χ3n) is 7.41. The number of hydrogen-bond donors (Lipinski definition) is 4. The van der Waals surface area contributed by atoms with Crippen LogP contribution in [-0.4, -0.2) is 44.5 Å². The summed E-state index contributed by atoms with van der Waals surface area (Å²) in [5, 5.41) is 32.9. The van der Waals surface area contributed by atoms with Crippen LogP contribution in [0, 0.1) is 0 Å². The predicted octanol–water partition coefficient (Wildman–Crippen LogP) is 5.20. The molecule has 4 N–H and O–H groups in total. The lowest BCUT2D eigenvalue weighted by atomic mass is 10.1. The van der Waals surface area contributed by atoms with E-state index in [0.717, 1.165) is 55.7 Å². The number of ether oxygens (including phenoxy) is 1. The molecule has 1 aliphatic carbocycles. The Morgan fingerprint density at radius 3 is 2.49 bits per heavy atom. The number of rotatable bonds is 15. The van der Waals surface area contributed by atoms with Gasteiger partial charge in [0.05, 0.1) is 30.1 Å². The number of phenols is 1. The molecule has 4 rings (SSSR count). The molecule has 7 heteroatoms. The van der Waals surface area contributed by atoms with Crippen LogP contribution in [0.5, 0.6) is 11.5 Å². The first kappa shape index (κ1) is 29.3. The van der Waals surface area contributed by atoms with Crippen molar-refractivity contribution in [2.24, 2.45) is 0 Å². The molecule has 0 amide bonds. The fourth-order valence-corrected chi connectivity index (χ4v) is 6.84. The van der Waals surface area contributed by atoms with E-state index in [4.69, 9.17) is 4.74 Å². The second kappa shape index (κ2) is 15.2. The minimum absolute atomic E-state index is 0.0307. The van der Waals surface area contributed by atoms with Crippen LogP contribution in [0.4, 0.5) is 0 Å². The lowest BCUT2D eigenvalue weighted by molar-refractivity contribution is 0.174. The fourth-order valence-electron chi connectivity index (χ4n) is 5.08. The molecular formula is C32H41NO5S. The first-order valence-corrected chi connectivity index (χ1v) is 15.3. The largest absolute Gasteiger partial charge is 0.508 e. The maximum absolute atomic E-state index is 13.0. The van der Waals surface area contributed by atoms with E-state index in [0.29, 0.717) is 29.5 Å². The highest BCUT2D eigenvalue weighted by Gasteiger charge is 2.24. The summed E-state index contributed by atoms with van der Waals surface area (Å²) < 4.78 is 19.0. The van der Waals surface area contributed by atoms with Crippen LogP contribution in [0.15, 0.2) is 71.6 Å². The Kier molecular flexibility index (Phi) is 11.4. The molecular weight excluding hydrogens is 510 g/mol. The molecule has 1 fully saturated rings. The summed E-state index contributed by atoms with van der Waals surface area (Å²) >= 11 is 0. The molecule has 3 aromatic carbocycles. The number of aliphatic hydroxyl groups is 2. The Labute approximate surface area is 234 Å². The van der Waals surface area contributed by atoms with Gasteiger partial charge in [0.1, 0.15) is 11.5 Å². The topological polar surface area (TPSA) is 99.0 Å². The highest BCUT2D eigenvalue weighted by atomic mass is 32.2. The van der Waals surface area contributed by atoms with Gasteiger partial charge in [-0.1, -0.05) is 49.2 Å². The van der Waals surface area contributed by atoms with Gasteiger partial charge >= 0.3 is 0 Å². The summed E-state index contributed by atoms with van der Waals surface area (Å²) in [6, 6.07) is 21.1. The second-order valence-electron chi connectivity index (χ2n) is 10.3. The average Bonchev–Trinajstić information content (AvgIpc) is 3.51. The fraction of sp³-hybridized carbons (Fsp3) is 0.438. The summed E-state index contributed by atoms with van der Waals surface area (Å²) in [5.74, 6) is 0.889. The number of aromatic hydroxyl groups is 1. The van der Waals surface area contributed by atoms with E-state index in [2.05, 4.69) is 23.5 Å². The van der Waals surface area contributed by atoms with Gasteiger partial charge in [-0.15, -0.1) is 0 Å². The lowest BCUT2D eigenvalue weighted by Crippen LogP contribution is -2.23. The number of nitrogens with one attached hydrogen (secondary N) is 1. The Morgan fingerprint density at radius 2 is 1.72 bits per heavy atom. The summed E-state index contributed by atoms with van der Waals surface area (Å²) in [5.41, 5.74) is 3.47. The zero-order chi connectivity index (χ0) is 27.5. The van der Waals surface area contributed by atoms with E-state index in [9.17, 15) is 19.5 Å². The molecule has 1 saturated carbocycles. The summed E-state index contributed by atoms with van der Waals surface area (Å²) in [6.45, 7) is 1.49. The van der Waals surface area contributed by atoms with Crippen molar-refractivity contribution in [1.82, 2.24) is 5.32 Å². The minimum Gasteiger partial charge on any atom is -0.508 e. The molecule has 0 radical (unpaired) electrons. The normalized spacial score (nSPS) is 15.3. The van der Waals surface area contributed by atoms with Crippen LogP contribution in [0.25, 0.3) is 0 Å². The van der Waals surface area contributed by atoms with Crippen molar-refractivity contribution in [3.63, 3.8) is 0 Å². The van der Waals surface area contributed by atoms with Crippen molar-refractivity contribution in [1.29, 1.82) is 0 Å². The number of unbranched alkanes of at least 4 members (excludes halogenated alkanes) is 1. The lowest BCUT2D eigenvalue weighted by Gasteiger charge is -2.14. The van der Waals surface area contributed by atoms with Crippen molar-refractivity contribution in [3.8, 4) is 11.5 Å². The molecule has 1 aliphatic rings. The molecule has 6 nitrogen and oxygen atoms in total. The Bertz CT molecular complexity index is 1190. The van der Waals surface area contributed by atoms with Crippen LogP contribution in [0.2, 0.25) is 0 Å². The zero-order valence-corrected chi connectivity index (χ0v) is 23.4. The molecule has 3 aromatic rings. The standard InChI is InChI=1S/C32H41NO5S/c34-23-27-21-26(14-17-30(27)35)31(36)22-33-19-18-24-12-15-28(16-13-24)38-20-6-5-8-25-7-1-4-11-32(25)39(37)29-9-2-3-10-29/h1,4,7,11-17,21,29,31,33-36H,2-3,5-6,8-10,18-20,22-23H2. The van der Waals surface area contributed by atoms with Gasteiger partial charge in [0.25, 0.3) is 0 Å². The number of aliphatic hydroxyl groups excluding tert-OH is 2. The third-order valence-corrected chi connectivity index (χ3v) is 9.32. The van der Waals surface area contributed by atoms with Crippen LogP contribution < -0.4 is 10.1 Å². The second-order valence-corrected chi connectivity index (χ2v) is 12.0. The van der Waals surface area contributed by atoms with Crippen LogP contribution in [0.3, 0.4) is 0 Å². The van der Waals surface area contributed by atoms with Gasteiger partial charge in [-0.3, -0.25) is 4.21 Å².